The molecular weight excluding hydrogens is 272 g/mol. The fourth-order valence-electron chi connectivity index (χ4n) is 2.56. The highest BCUT2D eigenvalue weighted by molar-refractivity contribution is 7.97. The van der Waals surface area contributed by atoms with E-state index in [1.54, 1.807) is 0 Å². The van der Waals surface area contributed by atoms with Crippen molar-refractivity contribution < 1.29 is 14.3 Å². The molecular formula is C16H17O3S+. The molecule has 0 spiro atoms. The van der Waals surface area contributed by atoms with E-state index >= 15 is 0 Å². The van der Waals surface area contributed by atoms with Gasteiger partial charge in [-0.1, -0.05) is 12.1 Å². The van der Waals surface area contributed by atoms with Gasteiger partial charge < -0.3 is 9.47 Å². The number of benzene rings is 2. The van der Waals surface area contributed by atoms with Crippen molar-refractivity contribution >= 4 is 27.8 Å². The molecule has 104 valence electrons. The van der Waals surface area contributed by atoms with Crippen molar-refractivity contribution in [3.8, 4) is 5.75 Å². The van der Waals surface area contributed by atoms with Gasteiger partial charge in [0.25, 0.3) is 0 Å². The Labute approximate surface area is 121 Å². The number of methoxy groups -OCH3 is 1. The Morgan fingerprint density at radius 2 is 1.95 bits per heavy atom. The van der Waals surface area contributed by atoms with Crippen LogP contribution in [0.25, 0.3) is 10.8 Å². The van der Waals surface area contributed by atoms with E-state index in [2.05, 4.69) is 22.9 Å². The summed E-state index contributed by atoms with van der Waals surface area (Å²) in [6, 6.07) is 12.2. The molecule has 3 rings (SSSR count). The number of carbonyl (C=O) groups excluding carboxylic acids is 1. The van der Waals surface area contributed by atoms with E-state index in [0.29, 0.717) is 16.6 Å². The van der Waals surface area contributed by atoms with E-state index in [1.165, 1.54) is 41.7 Å². The molecule has 0 bridgehead atoms. The highest BCUT2D eigenvalue weighted by atomic mass is 32.2. The van der Waals surface area contributed by atoms with Crippen LogP contribution < -0.4 is 4.74 Å². The lowest BCUT2D eigenvalue weighted by atomic mass is 10.1. The first kappa shape index (κ1) is 13.3. The minimum Gasteiger partial charge on any atom is -0.437 e. The van der Waals surface area contributed by atoms with Crippen LogP contribution in [0.3, 0.4) is 0 Å². The summed E-state index contributed by atoms with van der Waals surface area (Å²) in [5.41, 5.74) is 0. The Balaban J connectivity index is 1.97. The summed E-state index contributed by atoms with van der Waals surface area (Å²) in [5, 5.41) is 2.39. The van der Waals surface area contributed by atoms with E-state index in [9.17, 15) is 4.79 Å². The third-order valence-corrected chi connectivity index (χ3v) is 6.06. The molecule has 3 nitrogen and oxygen atoms in total. The third kappa shape index (κ3) is 2.61. The van der Waals surface area contributed by atoms with Crippen LogP contribution in [0, 0.1) is 0 Å². The molecule has 0 N–H and O–H groups in total. The lowest BCUT2D eigenvalue weighted by Crippen LogP contribution is -2.07. The maximum atomic E-state index is 11.2. The van der Waals surface area contributed by atoms with Crippen molar-refractivity contribution in [2.75, 3.05) is 18.6 Å². The Hall–Kier alpha value is -1.68. The maximum absolute atomic E-state index is 11.2. The summed E-state index contributed by atoms with van der Waals surface area (Å²) in [7, 11) is 1.69. The SMILES string of the molecule is COC(=O)Oc1ccc2c([S+]3CCCC3)cccc2c1. The molecule has 4 heteroatoms. The molecule has 0 amide bonds. The van der Waals surface area contributed by atoms with Gasteiger partial charge in [0.2, 0.25) is 0 Å². The zero-order valence-electron chi connectivity index (χ0n) is 11.4. The zero-order valence-corrected chi connectivity index (χ0v) is 12.2. The van der Waals surface area contributed by atoms with Crippen molar-refractivity contribution in [3.63, 3.8) is 0 Å². The molecule has 0 radical (unpaired) electrons. The molecule has 0 aliphatic carbocycles. The number of fused-ring (bicyclic) bond motifs is 1. The summed E-state index contributed by atoms with van der Waals surface area (Å²) in [5.74, 6) is 3.13. The van der Waals surface area contributed by atoms with Crippen LogP contribution in [-0.2, 0) is 15.6 Å². The summed E-state index contributed by atoms with van der Waals surface area (Å²) < 4.78 is 9.59. The van der Waals surface area contributed by atoms with Crippen LogP contribution in [0.2, 0.25) is 0 Å². The van der Waals surface area contributed by atoms with Gasteiger partial charge in [-0.2, -0.15) is 0 Å². The molecule has 1 saturated heterocycles. The number of hydrogen-bond donors (Lipinski definition) is 0. The van der Waals surface area contributed by atoms with Gasteiger partial charge in [0.15, 0.2) is 4.90 Å². The number of carbonyl (C=O) groups is 1. The first-order valence-corrected chi connectivity index (χ1v) is 8.30. The second kappa shape index (κ2) is 5.75. The molecule has 0 atom stereocenters. The van der Waals surface area contributed by atoms with Crippen LogP contribution in [0.15, 0.2) is 41.3 Å². The molecule has 0 saturated carbocycles. The molecule has 20 heavy (non-hydrogen) atoms. The van der Waals surface area contributed by atoms with Crippen LogP contribution in [0.1, 0.15) is 12.8 Å². The monoisotopic (exact) mass is 289 g/mol. The third-order valence-electron chi connectivity index (χ3n) is 3.52. The molecule has 0 aromatic heterocycles. The van der Waals surface area contributed by atoms with E-state index in [4.69, 9.17) is 4.74 Å². The van der Waals surface area contributed by atoms with E-state index < -0.39 is 6.16 Å². The lowest BCUT2D eigenvalue weighted by molar-refractivity contribution is 0.121. The fraction of sp³-hybridized carbons (Fsp3) is 0.312. The number of ether oxygens (including phenoxy) is 2. The Morgan fingerprint density at radius 1 is 1.15 bits per heavy atom. The van der Waals surface area contributed by atoms with E-state index in [0.717, 1.165) is 5.39 Å². The van der Waals surface area contributed by atoms with Crippen molar-refractivity contribution in [3.05, 3.63) is 36.4 Å². The summed E-state index contributed by atoms with van der Waals surface area (Å²) in [4.78, 5) is 12.6. The van der Waals surface area contributed by atoms with Crippen LogP contribution in [-0.4, -0.2) is 24.8 Å². The average Bonchev–Trinajstić information content (AvgIpc) is 3.00. The molecule has 1 aliphatic rings. The summed E-state index contributed by atoms with van der Waals surface area (Å²) in [6.07, 6.45) is 1.99. The van der Waals surface area contributed by atoms with Crippen LogP contribution in [0.4, 0.5) is 4.79 Å². The van der Waals surface area contributed by atoms with Gasteiger partial charge in [0.1, 0.15) is 17.3 Å². The largest absolute Gasteiger partial charge is 0.513 e. The lowest BCUT2D eigenvalue weighted by Gasteiger charge is -2.07. The van der Waals surface area contributed by atoms with Crippen molar-refractivity contribution in [2.24, 2.45) is 0 Å². The van der Waals surface area contributed by atoms with Crippen LogP contribution in [0.5, 0.6) is 5.75 Å². The Morgan fingerprint density at radius 3 is 2.70 bits per heavy atom. The highest BCUT2D eigenvalue weighted by Crippen LogP contribution is 2.31. The van der Waals surface area contributed by atoms with Crippen molar-refractivity contribution in [2.45, 2.75) is 17.7 Å². The normalized spacial score (nSPS) is 15.4. The Bertz CT molecular complexity index is 633. The molecule has 1 fully saturated rings. The van der Waals surface area contributed by atoms with Crippen molar-refractivity contribution in [1.29, 1.82) is 0 Å². The maximum Gasteiger partial charge on any atom is 0.513 e. The second-order valence-electron chi connectivity index (χ2n) is 4.80. The molecule has 1 heterocycles. The van der Waals surface area contributed by atoms with Gasteiger partial charge in [-0.05, 0) is 42.5 Å². The zero-order chi connectivity index (χ0) is 13.9. The summed E-state index contributed by atoms with van der Waals surface area (Å²) in [6.45, 7) is 0. The van der Waals surface area contributed by atoms with Gasteiger partial charge in [-0.25, -0.2) is 4.79 Å². The standard InChI is InChI=1S/C16H17O3S/c1-18-16(17)19-13-7-8-14-12(11-13)5-4-6-15(14)20-9-2-3-10-20/h4-8,11H,2-3,9-10H2,1H3/q+1. The van der Waals surface area contributed by atoms with Gasteiger partial charge in [0, 0.05) is 16.3 Å². The predicted octanol–water partition coefficient (Wildman–Crippen LogP) is 3.76. The number of hydrogen-bond acceptors (Lipinski definition) is 3. The smallest absolute Gasteiger partial charge is 0.437 e. The quantitative estimate of drug-likeness (QED) is 0.480. The van der Waals surface area contributed by atoms with Crippen LogP contribution >= 0.6 is 0 Å². The molecule has 1 aliphatic heterocycles. The van der Waals surface area contributed by atoms with Gasteiger partial charge in [-0.3, -0.25) is 0 Å². The molecule has 2 aromatic rings. The number of rotatable bonds is 2. The molecule has 2 aromatic carbocycles. The second-order valence-corrected chi connectivity index (χ2v) is 7.05. The minimum atomic E-state index is -0.682. The Kier molecular flexibility index (Phi) is 3.83. The summed E-state index contributed by atoms with van der Waals surface area (Å²) >= 11 is 0. The van der Waals surface area contributed by atoms with Gasteiger partial charge >= 0.3 is 6.16 Å². The molecule has 0 unspecified atom stereocenters. The van der Waals surface area contributed by atoms with E-state index in [1.807, 2.05) is 18.2 Å². The first-order valence-electron chi connectivity index (χ1n) is 6.74. The predicted molar refractivity (Wildman–Crippen MR) is 81.6 cm³/mol. The van der Waals surface area contributed by atoms with Gasteiger partial charge in [-0.15, -0.1) is 0 Å². The van der Waals surface area contributed by atoms with Gasteiger partial charge in [0.05, 0.1) is 7.11 Å². The topological polar surface area (TPSA) is 35.5 Å². The first-order chi connectivity index (χ1) is 9.78. The average molecular weight is 289 g/mol. The highest BCUT2D eigenvalue weighted by Gasteiger charge is 2.28. The van der Waals surface area contributed by atoms with E-state index in [-0.39, 0.29) is 0 Å². The minimum absolute atomic E-state index is 0.383. The van der Waals surface area contributed by atoms with Crippen molar-refractivity contribution in [1.82, 2.24) is 0 Å². The fourth-order valence-corrected chi connectivity index (χ4v) is 5.08.